The van der Waals surface area contributed by atoms with Gasteiger partial charge in [0.25, 0.3) is 0 Å². The molecule has 0 aromatic heterocycles. The molecule has 0 spiro atoms. The predicted octanol–water partition coefficient (Wildman–Crippen LogP) is 2.83. The van der Waals surface area contributed by atoms with Crippen LogP contribution in [0.3, 0.4) is 0 Å². The SMILES string of the molecule is CO[Si](C)(C)CC(C)(C)CF. The second-order valence-electron chi connectivity index (χ2n) is 4.44. The molecule has 0 aromatic rings. The maximum absolute atomic E-state index is 12.4. The number of rotatable bonds is 4. The van der Waals surface area contributed by atoms with E-state index in [1.54, 1.807) is 7.11 Å². The average molecular weight is 178 g/mol. The molecule has 0 radical (unpaired) electrons. The van der Waals surface area contributed by atoms with E-state index in [2.05, 4.69) is 13.1 Å². The largest absolute Gasteiger partial charge is 0.420 e. The first-order valence-electron chi connectivity index (χ1n) is 3.94. The Morgan fingerprint density at radius 1 is 1.36 bits per heavy atom. The number of alkyl halides is 1. The second kappa shape index (κ2) is 3.67. The first-order chi connectivity index (χ1) is 4.83. The summed E-state index contributed by atoms with van der Waals surface area (Å²) >= 11 is 0. The van der Waals surface area contributed by atoms with Crippen LogP contribution in [0.15, 0.2) is 0 Å². The minimum Gasteiger partial charge on any atom is -0.420 e. The van der Waals surface area contributed by atoms with Crippen molar-refractivity contribution in [1.82, 2.24) is 0 Å². The molecule has 0 amide bonds. The van der Waals surface area contributed by atoms with Crippen LogP contribution in [0.2, 0.25) is 19.1 Å². The molecule has 0 saturated heterocycles. The zero-order valence-electron chi connectivity index (χ0n) is 8.20. The molecule has 68 valence electrons. The van der Waals surface area contributed by atoms with E-state index in [0.717, 1.165) is 6.04 Å². The molecule has 1 nitrogen and oxygen atoms in total. The normalized spacial score (nSPS) is 13.6. The number of hydrogen-bond acceptors (Lipinski definition) is 1. The van der Waals surface area contributed by atoms with Crippen molar-refractivity contribution < 1.29 is 8.82 Å². The molecule has 0 fully saturated rings. The average Bonchev–Trinajstić information content (AvgIpc) is 1.86. The van der Waals surface area contributed by atoms with Crippen LogP contribution in [0.1, 0.15) is 13.8 Å². The lowest BCUT2D eigenvalue weighted by atomic mass is 9.99. The Bertz CT molecular complexity index is 109. The standard InChI is InChI=1S/C8H19FOSi/c1-8(2,6-9)7-11(4,5)10-3/h6-7H2,1-5H3. The molecule has 0 aliphatic carbocycles. The highest BCUT2D eigenvalue weighted by atomic mass is 28.4. The van der Waals surface area contributed by atoms with Gasteiger partial charge in [-0.25, -0.2) is 0 Å². The van der Waals surface area contributed by atoms with Crippen molar-refractivity contribution >= 4 is 8.32 Å². The van der Waals surface area contributed by atoms with Gasteiger partial charge in [-0.1, -0.05) is 13.8 Å². The third kappa shape index (κ3) is 4.53. The van der Waals surface area contributed by atoms with Gasteiger partial charge in [-0.3, -0.25) is 4.39 Å². The zero-order valence-corrected chi connectivity index (χ0v) is 9.20. The highest BCUT2D eigenvalue weighted by Gasteiger charge is 2.30. The van der Waals surface area contributed by atoms with E-state index in [0.29, 0.717) is 0 Å². The van der Waals surface area contributed by atoms with Gasteiger partial charge in [-0.05, 0) is 24.6 Å². The lowest BCUT2D eigenvalue weighted by molar-refractivity contribution is 0.267. The van der Waals surface area contributed by atoms with Crippen molar-refractivity contribution in [3.8, 4) is 0 Å². The Balaban J connectivity index is 4.02. The Morgan fingerprint density at radius 3 is 2.09 bits per heavy atom. The van der Waals surface area contributed by atoms with Gasteiger partial charge < -0.3 is 4.43 Å². The molecule has 0 aliphatic rings. The first kappa shape index (κ1) is 11.1. The minimum absolute atomic E-state index is 0.203. The van der Waals surface area contributed by atoms with Gasteiger partial charge in [0.2, 0.25) is 0 Å². The Kier molecular flexibility index (Phi) is 3.71. The van der Waals surface area contributed by atoms with Gasteiger partial charge in [-0.15, -0.1) is 0 Å². The lowest BCUT2D eigenvalue weighted by Gasteiger charge is -2.29. The summed E-state index contributed by atoms with van der Waals surface area (Å²) < 4.78 is 17.8. The van der Waals surface area contributed by atoms with Gasteiger partial charge in [0.05, 0.1) is 6.67 Å². The monoisotopic (exact) mass is 178 g/mol. The summed E-state index contributed by atoms with van der Waals surface area (Å²) in [4.78, 5) is 0. The van der Waals surface area contributed by atoms with E-state index < -0.39 is 8.32 Å². The van der Waals surface area contributed by atoms with E-state index >= 15 is 0 Å². The summed E-state index contributed by atoms with van der Waals surface area (Å²) in [7, 11) is 0.149. The van der Waals surface area contributed by atoms with Crippen molar-refractivity contribution in [2.45, 2.75) is 33.0 Å². The van der Waals surface area contributed by atoms with Crippen LogP contribution in [-0.2, 0) is 4.43 Å². The van der Waals surface area contributed by atoms with Crippen molar-refractivity contribution in [3.05, 3.63) is 0 Å². The molecule has 0 bridgehead atoms. The molecule has 11 heavy (non-hydrogen) atoms. The van der Waals surface area contributed by atoms with E-state index in [-0.39, 0.29) is 12.1 Å². The fraction of sp³-hybridized carbons (Fsp3) is 1.00. The van der Waals surface area contributed by atoms with E-state index in [1.807, 2.05) is 13.8 Å². The highest BCUT2D eigenvalue weighted by molar-refractivity contribution is 6.71. The van der Waals surface area contributed by atoms with Crippen LogP contribution in [-0.4, -0.2) is 22.1 Å². The van der Waals surface area contributed by atoms with Gasteiger partial charge in [0, 0.05) is 7.11 Å². The molecule has 0 aromatic carbocycles. The second-order valence-corrected chi connectivity index (χ2v) is 8.72. The van der Waals surface area contributed by atoms with Gasteiger partial charge >= 0.3 is 0 Å². The topological polar surface area (TPSA) is 9.23 Å². The molecule has 0 atom stereocenters. The summed E-state index contributed by atoms with van der Waals surface area (Å²) in [6.07, 6.45) is 0. The highest BCUT2D eigenvalue weighted by Crippen LogP contribution is 2.28. The van der Waals surface area contributed by atoms with Crippen LogP contribution < -0.4 is 0 Å². The van der Waals surface area contributed by atoms with Crippen LogP contribution in [0, 0.1) is 5.41 Å². The van der Waals surface area contributed by atoms with Gasteiger partial charge in [0.15, 0.2) is 8.32 Å². The molecule has 0 heterocycles. The van der Waals surface area contributed by atoms with E-state index in [9.17, 15) is 4.39 Å². The van der Waals surface area contributed by atoms with Gasteiger partial charge in [0.1, 0.15) is 0 Å². The summed E-state index contributed by atoms with van der Waals surface area (Å²) in [6.45, 7) is 7.86. The molecule has 0 unspecified atom stereocenters. The molecular formula is C8H19FOSi. The summed E-state index contributed by atoms with van der Waals surface area (Å²) in [5, 5.41) is 0. The van der Waals surface area contributed by atoms with Crippen LogP contribution in [0.5, 0.6) is 0 Å². The quantitative estimate of drug-likeness (QED) is 0.601. The number of hydrogen-bond donors (Lipinski definition) is 0. The molecule has 0 aliphatic heterocycles. The van der Waals surface area contributed by atoms with Crippen LogP contribution >= 0.6 is 0 Å². The molecule has 0 saturated carbocycles. The predicted molar refractivity (Wildman–Crippen MR) is 49.1 cm³/mol. The lowest BCUT2D eigenvalue weighted by Crippen LogP contribution is -2.35. The van der Waals surface area contributed by atoms with Crippen LogP contribution in [0.25, 0.3) is 0 Å². The Morgan fingerprint density at radius 2 is 1.82 bits per heavy atom. The zero-order chi connectivity index (χ0) is 9.12. The van der Waals surface area contributed by atoms with Crippen molar-refractivity contribution in [1.29, 1.82) is 0 Å². The smallest absolute Gasteiger partial charge is 0.186 e. The van der Waals surface area contributed by atoms with Gasteiger partial charge in [-0.2, -0.15) is 0 Å². The first-order valence-corrected chi connectivity index (χ1v) is 7.06. The van der Waals surface area contributed by atoms with E-state index in [1.165, 1.54) is 0 Å². The summed E-state index contributed by atoms with van der Waals surface area (Å²) in [6, 6.07) is 0.882. The Labute approximate surface area is 70.1 Å². The van der Waals surface area contributed by atoms with Crippen LogP contribution in [0.4, 0.5) is 4.39 Å². The van der Waals surface area contributed by atoms with Crippen molar-refractivity contribution in [2.24, 2.45) is 5.41 Å². The maximum Gasteiger partial charge on any atom is 0.186 e. The summed E-state index contributed by atoms with van der Waals surface area (Å²) in [5.41, 5.74) is -0.203. The fourth-order valence-electron chi connectivity index (χ4n) is 1.27. The molecular weight excluding hydrogens is 159 g/mol. The van der Waals surface area contributed by atoms with Crippen molar-refractivity contribution in [3.63, 3.8) is 0 Å². The molecule has 3 heteroatoms. The Hall–Kier alpha value is 0.107. The third-order valence-electron chi connectivity index (χ3n) is 1.82. The summed E-state index contributed by atoms with van der Waals surface area (Å²) in [5.74, 6) is 0. The minimum atomic E-state index is -1.57. The third-order valence-corrected chi connectivity index (χ3v) is 4.73. The van der Waals surface area contributed by atoms with Crippen molar-refractivity contribution in [2.75, 3.05) is 13.8 Å². The number of halogens is 1. The van der Waals surface area contributed by atoms with E-state index in [4.69, 9.17) is 4.43 Å². The molecule has 0 N–H and O–H groups in total. The molecule has 0 rings (SSSR count). The maximum atomic E-state index is 12.4. The fourth-order valence-corrected chi connectivity index (χ4v) is 3.82.